The van der Waals surface area contributed by atoms with Gasteiger partial charge in [-0.25, -0.2) is 0 Å². The van der Waals surface area contributed by atoms with Crippen LogP contribution in [0.3, 0.4) is 0 Å². The number of allylic oxidation sites excluding steroid dienone is 1. The molecule has 0 amide bonds. The van der Waals surface area contributed by atoms with Gasteiger partial charge in [0.15, 0.2) is 0 Å². The van der Waals surface area contributed by atoms with E-state index in [9.17, 15) is 4.79 Å². The van der Waals surface area contributed by atoms with Crippen LogP contribution in [-0.4, -0.2) is 13.1 Å². The van der Waals surface area contributed by atoms with Crippen LogP contribution in [0, 0.1) is 5.92 Å². The third kappa shape index (κ3) is 2.07. The molecule has 0 aliphatic heterocycles. The Labute approximate surface area is 67.2 Å². The lowest BCUT2D eigenvalue weighted by molar-refractivity contribution is -0.146. The Morgan fingerprint density at radius 1 is 1.73 bits per heavy atom. The van der Waals surface area contributed by atoms with Crippen LogP contribution >= 0.6 is 0 Å². The summed E-state index contributed by atoms with van der Waals surface area (Å²) in [4.78, 5) is 11.0. The Hall–Kier alpha value is -0.790. The van der Waals surface area contributed by atoms with E-state index in [1.807, 2.05) is 0 Å². The average molecular weight is 154 g/mol. The van der Waals surface area contributed by atoms with E-state index in [0.717, 1.165) is 25.7 Å². The van der Waals surface area contributed by atoms with Crippen molar-refractivity contribution >= 4 is 5.97 Å². The largest absolute Gasteiger partial charge is 0.469 e. The zero-order valence-corrected chi connectivity index (χ0v) is 6.93. The lowest BCUT2D eigenvalue weighted by Gasteiger charge is -2.20. The summed E-state index contributed by atoms with van der Waals surface area (Å²) >= 11 is 0. The number of ether oxygens (including phenoxy) is 1. The molecule has 0 radical (unpaired) electrons. The van der Waals surface area contributed by atoms with Gasteiger partial charge in [0.2, 0.25) is 0 Å². The molecule has 0 heterocycles. The van der Waals surface area contributed by atoms with Crippen molar-refractivity contribution < 1.29 is 9.53 Å². The second-order valence-corrected chi connectivity index (χ2v) is 3.07. The Morgan fingerprint density at radius 3 is 3.00 bits per heavy atom. The van der Waals surface area contributed by atoms with Crippen molar-refractivity contribution in [3.8, 4) is 0 Å². The van der Waals surface area contributed by atoms with Gasteiger partial charge in [-0.15, -0.1) is 0 Å². The lowest BCUT2D eigenvalue weighted by Crippen LogP contribution is -2.19. The van der Waals surface area contributed by atoms with Crippen molar-refractivity contribution in [2.45, 2.75) is 25.7 Å². The number of esters is 1. The summed E-state index contributed by atoms with van der Waals surface area (Å²) in [6.45, 7) is 3.87. The zero-order valence-electron chi connectivity index (χ0n) is 6.93. The van der Waals surface area contributed by atoms with Gasteiger partial charge in [-0.2, -0.15) is 0 Å². The summed E-state index contributed by atoms with van der Waals surface area (Å²) in [5.41, 5.74) is 1.19. The highest BCUT2D eigenvalue weighted by atomic mass is 16.5. The normalized spacial score (nSPS) is 24.8. The fraction of sp³-hybridized carbons (Fsp3) is 0.667. The molecular formula is C9H14O2. The lowest BCUT2D eigenvalue weighted by atomic mass is 9.86. The first-order chi connectivity index (χ1) is 5.24. The van der Waals surface area contributed by atoms with E-state index >= 15 is 0 Å². The number of rotatable bonds is 1. The Morgan fingerprint density at radius 2 is 2.45 bits per heavy atom. The number of carbonyl (C=O) groups is 1. The van der Waals surface area contributed by atoms with E-state index < -0.39 is 0 Å². The molecule has 0 aromatic carbocycles. The van der Waals surface area contributed by atoms with E-state index in [4.69, 9.17) is 0 Å². The van der Waals surface area contributed by atoms with Gasteiger partial charge in [-0.1, -0.05) is 12.2 Å². The van der Waals surface area contributed by atoms with Crippen molar-refractivity contribution in [2.24, 2.45) is 5.92 Å². The summed E-state index contributed by atoms with van der Waals surface area (Å²) in [5.74, 6) is 0.00657. The van der Waals surface area contributed by atoms with E-state index in [2.05, 4.69) is 11.3 Å². The number of methoxy groups -OCH3 is 1. The van der Waals surface area contributed by atoms with Crippen molar-refractivity contribution in [1.82, 2.24) is 0 Å². The van der Waals surface area contributed by atoms with Crippen LogP contribution in [0.1, 0.15) is 25.7 Å². The maximum absolute atomic E-state index is 11.0. The molecule has 1 atom stereocenters. The summed E-state index contributed by atoms with van der Waals surface area (Å²) in [7, 11) is 1.44. The molecule has 11 heavy (non-hydrogen) atoms. The molecule has 0 N–H and O–H groups in total. The fourth-order valence-corrected chi connectivity index (χ4v) is 1.52. The molecule has 1 unspecified atom stereocenters. The van der Waals surface area contributed by atoms with Crippen molar-refractivity contribution in [1.29, 1.82) is 0 Å². The quantitative estimate of drug-likeness (QED) is 0.426. The minimum Gasteiger partial charge on any atom is -0.469 e. The van der Waals surface area contributed by atoms with E-state index in [1.165, 1.54) is 12.7 Å². The van der Waals surface area contributed by atoms with Crippen LogP contribution in [0.5, 0.6) is 0 Å². The summed E-state index contributed by atoms with van der Waals surface area (Å²) < 4.78 is 4.66. The summed E-state index contributed by atoms with van der Waals surface area (Å²) in [6, 6.07) is 0. The number of hydrogen-bond acceptors (Lipinski definition) is 2. The molecule has 1 aliphatic carbocycles. The first-order valence-corrected chi connectivity index (χ1v) is 3.98. The maximum Gasteiger partial charge on any atom is 0.308 e. The molecule has 0 aromatic rings. The molecule has 2 heteroatoms. The van der Waals surface area contributed by atoms with Gasteiger partial charge in [0.25, 0.3) is 0 Å². The SMILES string of the molecule is C=C1CCCC(C(=O)OC)C1. The van der Waals surface area contributed by atoms with E-state index in [1.54, 1.807) is 0 Å². The fourth-order valence-electron chi connectivity index (χ4n) is 1.52. The molecule has 1 aliphatic rings. The second-order valence-electron chi connectivity index (χ2n) is 3.07. The van der Waals surface area contributed by atoms with Crippen LogP contribution in [0.25, 0.3) is 0 Å². The van der Waals surface area contributed by atoms with E-state index in [-0.39, 0.29) is 11.9 Å². The summed E-state index contributed by atoms with van der Waals surface area (Å²) in [6.07, 6.45) is 3.95. The van der Waals surface area contributed by atoms with Crippen LogP contribution < -0.4 is 0 Å². The van der Waals surface area contributed by atoms with Gasteiger partial charge in [-0.3, -0.25) is 4.79 Å². The minimum atomic E-state index is -0.0779. The maximum atomic E-state index is 11.0. The van der Waals surface area contributed by atoms with Gasteiger partial charge < -0.3 is 4.74 Å². The molecule has 0 bridgehead atoms. The van der Waals surface area contributed by atoms with Gasteiger partial charge >= 0.3 is 5.97 Å². The third-order valence-electron chi connectivity index (χ3n) is 2.15. The predicted molar refractivity (Wildman–Crippen MR) is 43.1 cm³/mol. The number of hydrogen-bond donors (Lipinski definition) is 0. The standard InChI is InChI=1S/C9H14O2/c1-7-4-3-5-8(6-7)9(10)11-2/h8H,1,3-6H2,2H3. The monoisotopic (exact) mass is 154 g/mol. The number of carbonyl (C=O) groups excluding carboxylic acids is 1. The highest BCUT2D eigenvalue weighted by Gasteiger charge is 2.22. The van der Waals surface area contributed by atoms with Crippen LogP contribution in [-0.2, 0) is 9.53 Å². The molecule has 0 saturated heterocycles. The van der Waals surface area contributed by atoms with Crippen molar-refractivity contribution in [2.75, 3.05) is 7.11 Å². The van der Waals surface area contributed by atoms with Crippen LogP contribution in [0.4, 0.5) is 0 Å². The Bertz CT molecular complexity index is 172. The van der Waals surface area contributed by atoms with Gasteiger partial charge in [0, 0.05) is 0 Å². The van der Waals surface area contributed by atoms with Gasteiger partial charge in [0.1, 0.15) is 0 Å². The van der Waals surface area contributed by atoms with Gasteiger partial charge in [0.05, 0.1) is 13.0 Å². The zero-order chi connectivity index (χ0) is 8.27. The van der Waals surface area contributed by atoms with Crippen molar-refractivity contribution in [3.05, 3.63) is 12.2 Å². The smallest absolute Gasteiger partial charge is 0.308 e. The molecule has 0 aromatic heterocycles. The van der Waals surface area contributed by atoms with Crippen LogP contribution in [0.2, 0.25) is 0 Å². The average Bonchev–Trinajstić information content (AvgIpc) is 2.03. The molecule has 1 rings (SSSR count). The molecule has 62 valence electrons. The highest BCUT2D eigenvalue weighted by Crippen LogP contribution is 2.27. The predicted octanol–water partition coefficient (Wildman–Crippen LogP) is 1.91. The molecule has 0 spiro atoms. The highest BCUT2D eigenvalue weighted by molar-refractivity contribution is 5.72. The Balaban J connectivity index is 2.45. The van der Waals surface area contributed by atoms with Crippen molar-refractivity contribution in [3.63, 3.8) is 0 Å². The topological polar surface area (TPSA) is 26.3 Å². The Kier molecular flexibility index (Phi) is 2.69. The second kappa shape index (κ2) is 3.56. The third-order valence-corrected chi connectivity index (χ3v) is 2.15. The molecule has 1 fully saturated rings. The van der Waals surface area contributed by atoms with E-state index in [0.29, 0.717) is 0 Å². The molecule has 2 nitrogen and oxygen atoms in total. The first-order valence-electron chi connectivity index (χ1n) is 3.98. The molecule has 1 saturated carbocycles. The minimum absolute atomic E-state index is 0.0779. The summed E-state index contributed by atoms with van der Waals surface area (Å²) in [5, 5.41) is 0. The van der Waals surface area contributed by atoms with Crippen LogP contribution in [0.15, 0.2) is 12.2 Å². The molecular weight excluding hydrogens is 140 g/mol. The van der Waals surface area contributed by atoms with Gasteiger partial charge in [-0.05, 0) is 25.7 Å². The first kappa shape index (κ1) is 8.31.